The summed E-state index contributed by atoms with van der Waals surface area (Å²) in [5.74, 6) is -0.658. The number of benzene rings is 3. The third kappa shape index (κ3) is 4.79. The maximum atomic E-state index is 13.4. The standard InChI is InChI=1S/C28H22FN3O5/c1-36-21-10-12-22(13-11-21)37-15-14-31-17-18(23-4-2-3-5-25(23)31)16-24-26(33)30-28(35)32(27(24)34)20-8-6-19(29)7-9-20/h2-13,16-17H,14-15H2,1H3,(H,30,33,35)/b24-16-. The van der Waals surface area contributed by atoms with E-state index < -0.39 is 23.7 Å². The largest absolute Gasteiger partial charge is 0.497 e. The number of nitrogens with one attached hydrogen (secondary N) is 1. The normalized spacial score (nSPS) is 14.8. The van der Waals surface area contributed by atoms with E-state index in [4.69, 9.17) is 9.47 Å². The number of aromatic nitrogens is 1. The molecule has 1 N–H and O–H groups in total. The van der Waals surface area contributed by atoms with Crippen LogP contribution in [0.3, 0.4) is 0 Å². The van der Waals surface area contributed by atoms with Gasteiger partial charge in [-0.3, -0.25) is 14.9 Å². The van der Waals surface area contributed by atoms with E-state index in [1.807, 2.05) is 59.3 Å². The lowest BCUT2D eigenvalue weighted by atomic mass is 10.1. The maximum Gasteiger partial charge on any atom is 0.335 e. The summed E-state index contributed by atoms with van der Waals surface area (Å²) in [6.45, 7) is 0.892. The Morgan fingerprint density at radius 3 is 2.35 bits per heavy atom. The number of urea groups is 1. The van der Waals surface area contributed by atoms with Gasteiger partial charge in [0.05, 0.1) is 19.3 Å². The molecule has 186 valence electrons. The van der Waals surface area contributed by atoms with Crippen molar-refractivity contribution < 1.29 is 28.2 Å². The highest BCUT2D eigenvalue weighted by Crippen LogP contribution is 2.27. The van der Waals surface area contributed by atoms with Crippen molar-refractivity contribution in [2.75, 3.05) is 18.6 Å². The summed E-state index contributed by atoms with van der Waals surface area (Å²) in [5.41, 5.74) is 1.47. The first-order valence-corrected chi connectivity index (χ1v) is 11.5. The monoisotopic (exact) mass is 499 g/mol. The average Bonchev–Trinajstić information content (AvgIpc) is 3.25. The van der Waals surface area contributed by atoms with Gasteiger partial charge < -0.3 is 14.0 Å². The van der Waals surface area contributed by atoms with E-state index in [9.17, 15) is 18.8 Å². The van der Waals surface area contributed by atoms with Crippen molar-refractivity contribution in [2.45, 2.75) is 6.54 Å². The minimum absolute atomic E-state index is 0.153. The molecule has 1 aliphatic heterocycles. The summed E-state index contributed by atoms with van der Waals surface area (Å²) in [5, 5.41) is 3.01. The molecule has 0 aliphatic carbocycles. The van der Waals surface area contributed by atoms with Crippen LogP contribution < -0.4 is 19.7 Å². The number of methoxy groups -OCH3 is 1. The van der Waals surface area contributed by atoms with Crippen molar-refractivity contribution in [2.24, 2.45) is 0 Å². The number of fused-ring (bicyclic) bond motifs is 1. The molecule has 2 heterocycles. The molecule has 4 aromatic rings. The number of carbonyl (C=O) groups is 3. The van der Waals surface area contributed by atoms with E-state index in [1.165, 1.54) is 18.2 Å². The molecule has 0 unspecified atom stereocenters. The molecule has 8 nitrogen and oxygen atoms in total. The van der Waals surface area contributed by atoms with E-state index in [2.05, 4.69) is 5.32 Å². The van der Waals surface area contributed by atoms with Gasteiger partial charge in [0.25, 0.3) is 11.8 Å². The number of anilines is 1. The van der Waals surface area contributed by atoms with Crippen LogP contribution in [0.1, 0.15) is 5.56 Å². The van der Waals surface area contributed by atoms with Crippen LogP contribution in [0, 0.1) is 5.82 Å². The Morgan fingerprint density at radius 2 is 1.62 bits per heavy atom. The first kappa shape index (κ1) is 23.8. The summed E-state index contributed by atoms with van der Waals surface area (Å²) in [4.78, 5) is 39.1. The Bertz CT molecular complexity index is 1520. The predicted octanol–water partition coefficient (Wildman–Crippen LogP) is 4.53. The predicted molar refractivity (Wildman–Crippen MR) is 136 cm³/mol. The Balaban J connectivity index is 1.42. The fourth-order valence-corrected chi connectivity index (χ4v) is 4.15. The van der Waals surface area contributed by atoms with Crippen LogP contribution in [0.15, 0.2) is 84.6 Å². The molecule has 1 aromatic heterocycles. The van der Waals surface area contributed by atoms with E-state index in [0.717, 1.165) is 33.7 Å². The minimum atomic E-state index is -0.892. The topological polar surface area (TPSA) is 89.9 Å². The van der Waals surface area contributed by atoms with Crippen molar-refractivity contribution in [3.8, 4) is 11.5 Å². The molecule has 1 aliphatic rings. The number of ether oxygens (including phenoxy) is 2. The fourth-order valence-electron chi connectivity index (χ4n) is 4.15. The van der Waals surface area contributed by atoms with Crippen molar-refractivity contribution in [1.82, 2.24) is 9.88 Å². The Kier molecular flexibility index (Phi) is 6.42. The number of hydrogen-bond acceptors (Lipinski definition) is 5. The molecule has 1 fully saturated rings. The summed E-state index contributed by atoms with van der Waals surface area (Å²) in [7, 11) is 1.60. The number of carbonyl (C=O) groups excluding carboxylic acids is 3. The lowest BCUT2D eigenvalue weighted by Gasteiger charge is -2.26. The number of barbiturate groups is 1. The van der Waals surface area contributed by atoms with Crippen LogP contribution in [-0.2, 0) is 16.1 Å². The Hall–Kier alpha value is -4.92. The zero-order valence-corrected chi connectivity index (χ0v) is 19.8. The molecule has 0 bridgehead atoms. The molecule has 4 amide bonds. The average molecular weight is 499 g/mol. The SMILES string of the molecule is COc1ccc(OCCn2cc(/C=C3/C(=O)NC(=O)N(c4ccc(F)cc4)C3=O)c3ccccc32)cc1. The minimum Gasteiger partial charge on any atom is -0.497 e. The molecule has 3 aromatic carbocycles. The van der Waals surface area contributed by atoms with Gasteiger partial charge >= 0.3 is 6.03 Å². The van der Waals surface area contributed by atoms with Crippen LogP contribution >= 0.6 is 0 Å². The van der Waals surface area contributed by atoms with Crippen LogP contribution in [0.5, 0.6) is 11.5 Å². The molecule has 9 heteroatoms. The lowest BCUT2D eigenvalue weighted by molar-refractivity contribution is -0.122. The smallest absolute Gasteiger partial charge is 0.335 e. The van der Waals surface area contributed by atoms with Gasteiger partial charge in [0.2, 0.25) is 0 Å². The van der Waals surface area contributed by atoms with Crippen LogP contribution in [-0.4, -0.2) is 36.1 Å². The highest BCUT2D eigenvalue weighted by atomic mass is 19.1. The number of halogens is 1. The zero-order valence-electron chi connectivity index (χ0n) is 19.8. The summed E-state index contributed by atoms with van der Waals surface area (Å²) < 4.78 is 26.3. The molecule has 1 saturated heterocycles. The molecule has 0 radical (unpaired) electrons. The maximum absolute atomic E-state index is 13.4. The number of hydrogen-bond donors (Lipinski definition) is 1. The number of imide groups is 2. The van der Waals surface area contributed by atoms with Crippen molar-refractivity contribution in [3.63, 3.8) is 0 Å². The van der Waals surface area contributed by atoms with Crippen LogP contribution in [0.25, 0.3) is 17.0 Å². The second-order valence-corrected chi connectivity index (χ2v) is 8.25. The zero-order chi connectivity index (χ0) is 25.9. The molecule has 0 spiro atoms. The third-order valence-electron chi connectivity index (χ3n) is 5.97. The van der Waals surface area contributed by atoms with Gasteiger partial charge in [-0.25, -0.2) is 14.1 Å². The third-order valence-corrected chi connectivity index (χ3v) is 5.97. The van der Waals surface area contributed by atoms with Gasteiger partial charge in [0, 0.05) is 22.7 Å². The van der Waals surface area contributed by atoms with Gasteiger partial charge in [-0.2, -0.15) is 0 Å². The van der Waals surface area contributed by atoms with Gasteiger partial charge in [0.15, 0.2) is 0 Å². The first-order chi connectivity index (χ1) is 17.9. The molecule has 5 rings (SSSR count). The molecule has 37 heavy (non-hydrogen) atoms. The van der Waals surface area contributed by atoms with Gasteiger partial charge in [-0.15, -0.1) is 0 Å². The fraction of sp³-hybridized carbons (Fsp3) is 0.107. The highest BCUT2D eigenvalue weighted by Gasteiger charge is 2.37. The van der Waals surface area contributed by atoms with Crippen LogP contribution in [0.2, 0.25) is 0 Å². The van der Waals surface area contributed by atoms with Crippen LogP contribution in [0.4, 0.5) is 14.9 Å². The molecule has 0 atom stereocenters. The van der Waals surface area contributed by atoms with Crippen molar-refractivity contribution in [1.29, 1.82) is 0 Å². The van der Waals surface area contributed by atoms with E-state index >= 15 is 0 Å². The van der Waals surface area contributed by atoms with E-state index in [0.29, 0.717) is 24.5 Å². The second-order valence-electron chi connectivity index (χ2n) is 8.25. The number of para-hydroxylation sites is 1. The summed E-state index contributed by atoms with van der Waals surface area (Å²) in [6.07, 6.45) is 3.29. The lowest BCUT2D eigenvalue weighted by Crippen LogP contribution is -2.54. The van der Waals surface area contributed by atoms with Crippen molar-refractivity contribution in [3.05, 3.63) is 95.9 Å². The quantitative estimate of drug-likeness (QED) is 0.298. The van der Waals surface area contributed by atoms with E-state index in [-0.39, 0.29) is 11.3 Å². The Labute approximate surface area is 211 Å². The highest BCUT2D eigenvalue weighted by molar-refractivity contribution is 6.39. The van der Waals surface area contributed by atoms with Gasteiger partial charge in [0.1, 0.15) is 29.5 Å². The second kappa shape index (κ2) is 9.98. The number of nitrogens with zero attached hydrogens (tertiary/aromatic N) is 2. The number of rotatable bonds is 7. The molecule has 0 saturated carbocycles. The molecular weight excluding hydrogens is 477 g/mol. The first-order valence-electron chi connectivity index (χ1n) is 11.5. The molecular formula is C28H22FN3O5. The van der Waals surface area contributed by atoms with Crippen molar-refractivity contribution >= 4 is 40.5 Å². The van der Waals surface area contributed by atoms with E-state index in [1.54, 1.807) is 7.11 Å². The Morgan fingerprint density at radius 1 is 0.919 bits per heavy atom. The van der Waals surface area contributed by atoms with Gasteiger partial charge in [-0.05, 0) is 60.7 Å². The number of amides is 4. The summed E-state index contributed by atoms with van der Waals surface area (Å²) >= 11 is 0. The summed E-state index contributed by atoms with van der Waals surface area (Å²) in [6, 6.07) is 18.8. The van der Waals surface area contributed by atoms with Gasteiger partial charge in [-0.1, -0.05) is 18.2 Å².